The van der Waals surface area contributed by atoms with Gasteiger partial charge in [0.15, 0.2) is 0 Å². The number of ether oxygens (including phenoxy) is 4. The predicted molar refractivity (Wildman–Crippen MR) is 78.0 cm³/mol. The van der Waals surface area contributed by atoms with Crippen molar-refractivity contribution in [1.29, 1.82) is 0 Å². The van der Waals surface area contributed by atoms with Crippen molar-refractivity contribution in [3.05, 3.63) is 0 Å². The molecule has 0 unspecified atom stereocenters. The zero-order valence-corrected chi connectivity index (χ0v) is 12.9. The summed E-state index contributed by atoms with van der Waals surface area (Å²) in [5, 5.41) is 3.07. The molecule has 0 aromatic carbocycles. The fourth-order valence-electron chi connectivity index (χ4n) is 1.38. The van der Waals surface area contributed by atoms with Gasteiger partial charge >= 0.3 is 12.0 Å². The minimum Gasteiger partial charge on any atom is -0.467 e. The first-order valence-electron chi connectivity index (χ1n) is 7.03. The van der Waals surface area contributed by atoms with Crippen molar-refractivity contribution in [2.75, 3.05) is 52.5 Å². The van der Waals surface area contributed by atoms with E-state index in [0.717, 1.165) is 19.4 Å². The Kier molecular flexibility index (Phi) is 9.14. The summed E-state index contributed by atoms with van der Waals surface area (Å²) < 4.78 is 20.7. The minimum atomic E-state index is 0.231. The lowest BCUT2D eigenvalue weighted by atomic mass is 10.5. The Balaban J connectivity index is 2.35. The molecule has 1 N–H and O–H groups in total. The molecule has 0 spiro atoms. The number of rotatable bonds is 12. The molecule has 0 aliphatic carbocycles. The third kappa shape index (κ3) is 7.62. The van der Waals surface area contributed by atoms with Gasteiger partial charge in [-0.1, -0.05) is 6.92 Å². The van der Waals surface area contributed by atoms with Crippen molar-refractivity contribution >= 4 is 5.95 Å². The Morgan fingerprint density at radius 1 is 0.952 bits per heavy atom. The Labute approximate surface area is 125 Å². The molecule has 0 atom stereocenters. The van der Waals surface area contributed by atoms with Gasteiger partial charge in [-0.25, -0.2) is 0 Å². The van der Waals surface area contributed by atoms with Crippen LogP contribution in [0.4, 0.5) is 5.95 Å². The zero-order valence-electron chi connectivity index (χ0n) is 12.9. The first kappa shape index (κ1) is 17.4. The van der Waals surface area contributed by atoms with E-state index in [1.165, 1.54) is 7.11 Å². The lowest BCUT2D eigenvalue weighted by Crippen LogP contribution is -2.11. The molecule has 8 heteroatoms. The van der Waals surface area contributed by atoms with Gasteiger partial charge in [-0.05, 0) is 6.42 Å². The van der Waals surface area contributed by atoms with Gasteiger partial charge in [-0.2, -0.15) is 9.97 Å². The Bertz CT molecular complexity index is 392. The summed E-state index contributed by atoms with van der Waals surface area (Å²) in [5.41, 5.74) is 0. The summed E-state index contributed by atoms with van der Waals surface area (Å²) in [6, 6.07) is 0.479. The van der Waals surface area contributed by atoms with E-state index in [4.69, 9.17) is 18.9 Å². The van der Waals surface area contributed by atoms with Crippen LogP contribution in [0.3, 0.4) is 0 Å². The Morgan fingerprint density at radius 3 is 2.48 bits per heavy atom. The number of anilines is 1. The van der Waals surface area contributed by atoms with Crippen molar-refractivity contribution in [2.45, 2.75) is 19.8 Å². The topological polar surface area (TPSA) is 87.6 Å². The molecule has 0 aliphatic heterocycles. The molecule has 1 rings (SSSR count). The van der Waals surface area contributed by atoms with Crippen molar-refractivity contribution in [2.24, 2.45) is 0 Å². The summed E-state index contributed by atoms with van der Waals surface area (Å²) in [4.78, 5) is 12.3. The lowest BCUT2D eigenvalue weighted by molar-refractivity contribution is 0.0638. The van der Waals surface area contributed by atoms with Gasteiger partial charge < -0.3 is 24.3 Å². The van der Waals surface area contributed by atoms with Crippen LogP contribution in [-0.4, -0.2) is 62.1 Å². The highest BCUT2D eigenvalue weighted by Gasteiger charge is 2.07. The van der Waals surface area contributed by atoms with Crippen LogP contribution in [0.15, 0.2) is 0 Å². The monoisotopic (exact) mass is 300 g/mol. The van der Waals surface area contributed by atoms with E-state index in [0.29, 0.717) is 32.4 Å². The SMILES string of the molecule is CCCNc1nc(OC)nc(OCCCOCCOC)n1. The molecule has 0 aliphatic rings. The summed E-state index contributed by atoms with van der Waals surface area (Å²) in [7, 11) is 3.15. The van der Waals surface area contributed by atoms with Gasteiger partial charge in [0.25, 0.3) is 0 Å². The Morgan fingerprint density at radius 2 is 1.76 bits per heavy atom. The van der Waals surface area contributed by atoms with Crippen LogP contribution >= 0.6 is 0 Å². The van der Waals surface area contributed by atoms with Gasteiger partial charge in [0.05, 0.1) is 26.9 Å². The number of hydrogen-bond acceptors (Lipinski definition) is 8. The highest BCUT2D eigenvalue weighted by Crippen LogP contribution is 2.12. The summed E-state index contributed by atoms with van der Waals surface area (Å²) in [5.74, 6) is 0.454. The fraction of sp³-hybridized carbons (Fsp3) is 0.769. The quantitative estimate of drug-likeness (QED) is 0.575. The highest BCUT2D eigenvalue weighted by molar-refractivity contribution is 5.27. The molecule has 0 radical (unpaired) electrons. The van der Waals surface area contributed by atoms with Crippen LogP contribution in [0.25, 0.3) is 0 Å². The van der Waals surface area contributed by atoms with Crippen molar-refractivity contribution < 1.29 is 18.9 Å². The number of methoxy groups -OCH3 is 2. The van der Waals surface area contributed by atoms with Gasteiger partial charge in [0, 0.05) is 26.7 Å². The van der Waals surface area contributed by atoms with Crippen LogP contribution in [0.2, 0.25) is 0 Å². The first-order valence-corrected chi connectivity index (χ1v) is 7.03. The lowest BCUT2D eigenvalue weighted by Gasteiger charge is -2.08. The molecule has 0 saturated heterocycles. The summed E-state index contributed by atoms with van der Waals surface area (Å²) in [6.45, 7) is 5.09. The number of hydrogen-bond donors (Lipinski definition) is 1. The largest absolute Gasteiger partial charge is 0.467 e. The van der Waals surface area contributed by atoms with Crippen molar-refractivity contribution in [3.63, 3.8) is 0 Å². The van der Waals surface area contributed by atoms with E-state index >= 15 is 0 Å². The Hall–Kier alpha value is -1.67. The molecular formula is C13H24N4O4. The smallest absolute Gasteiger partial charge is 0.324 e. The van der Waals surface area contributed by atoms with Crippen LogP contribution in [0, 0.1) is 0 Å². The van der Waals surface area contributed by atoms with Crippen LogP contribution < -0.4 is 14.8 Å². The minimum absolute atomic E-state index is 0.231. The molecule has 1 heterocycles. The molecule has 0 fully saturated rings. The van der Waals surface area contributed by atoms with E-state index in [1.54, 1.807) is 7.11 Å². The average molecular weight is 300 g/mol. The summed E-state index contributed by atoms with van der Waals surface area (Å²) in [6.07, 6.45) is 1.72. The van der Waals surface area contributed by atoms with Gasteiger partial charge in [-0.3, -0.25) is 0 Å². The first-order chi connectivity index (χ1) is 10.3. The average Bonchev–Trinajstić information content (AvgIpc) is 2.51. The maximum atomic E-state index is 5.48. The van der Waals surface area contributed by atoms with E-state index in [2.05, 4.69) is 27.2 Å². The third-order valence-corrected chi connectivity index (χ3v) is 2.41. The maximum absolute atomic E-state index is 5.48. The highest BCUT2D eigenvalue weighted by atomic mass is 16.5. The number of nitrogens with one attached hydrogen (secondary N) is 1. The number of aromatic nitrogens is 3. The van der Waals surface area contributed by atoms with E-state index in [-0.39, 0.29) is 12.0 Å². The number of nitrogens with zero attached hydrogens (tertiary/aromatic N) is 3. The second-order valence-electron chi connectivity index (χ2n) is 4.16. The maximum Gasteiger partial charge on any atom is 0.324 e. The fourth-order valence-corrected chi connectivity index (χ4v) is 1.38. The standard InChI is InChI=1S/C13H24N4O4/c1-4-6-14-11-15-12(19-3)17-13(16-11)21-8-5-7-20-10-9-18-2/h4-10H2,1-3H3,(H,14,15,16,17). The van der Waals surface area contributed by atoms with E-state index in [9.17, 15) is 0 Å². The zero-order chi connectivity index (χ0) is 15.3. The van der Waals surface area contributed by atoms with Crippen LogP contribution in [0.1, 0.15) is 19.8 Å². The van der Waals surface area contributed by atoms with E-state index in [1.807, 2.05) is 0 Å². The molecule has 0 amide bonds. The molecule has 8 nitrogen and oxygen atoms in total. The third-order valence-electron chi connectivity index (χ3n) is 2.41. The second kappa shape index (κ2) is 11.0. The van der Waals surface area contributed by atoms with Gasteiger partial charge in [0.1, 0.15) is 0 Å². The predicted octanol–water partition coefficient (Wildman–Crippen LogP) is 1.13. The molecule has 0 saturated carbocycles. The summed E-state index contributed by atoms with van der Waals surface area (Å²) >= 11 is 0. The molecule has 1 aromatic heterocycles. The molecule has 1 aromatic rings. The van der Waals surface area contributed by atoms with Gasteiger partial charge in [0.2, 0.25) is 5.95 Å². The van der Waals surface area contributed by atoms with Gasteiger partial charge in [-0.15, -0.1) is 4.98 Å². The second-order valence-corrected chi connectivity index (χ2v) is 4.16. The van der Waals surface area contributed by atoms with Crippen LogP contribution in [-0.2, 0) is 9.47 Å². The molecule has 0 bridgehead atoms. The normalized spacial score (nSPS) is 10.4. The van der Waals surface area contributed by atoms with E-state index < -0.39 is 0 Å². The molecular weight excluding hydrogens is 276 g/mol. The van der Waals surface area contributed by atoms with Crippen molar-refractivity contribution in [1.82, 2.24) is 15.0 Å². The van der Waals surface area contributed by atoms with Crippen LogP contribution in [0.5, 0.6) is 12.0 Å². The van der Waals surface area contributed by atoms with Crippen molar-refractivity contribution in [3.8, 4) is 12.0 Å². The molecule has 120 valence electrons. The molecule has 21 heavy (non-hydrogen) atoms.